The highest BCUT2D eigenvalue weighted by Crippen LogP contribution is 2.68. The van der Waals surface area contributed by atoms with Crippen molar-refractivity contribution < 1.29 is 4.79 Å². The van der Waals surface area contributed by atoms with Gasteiger partial charge in [0, 0.05) is 19.5 Å². The van der Waals surface area contributed by atoms with E-state index in [0.717, 1.165) is 30.6 Å². The van der Waals surface area contributed by atoms with Crippen LogP contribution in [0.1, 0.15) is 79.1 Å². The van der Waals surface area contributed by atoms with E-state index in [1.165, 1.54) is 38.5 Å². The van der Waals surface area contributed by atoms with Crippen LogP contribution in [-0.2, 0) is 4.79 Å². The lowest BCUT2D eigenvalue weighted by Crippen LogP contribution is -2.61. The molecule has 1 amide bonds. The third-order valence-electron chi connectivity index (χ3n) is 9.72. The van der Waals surface area contributed by atoms with Gasteiger partial charge in [0.1, 0.15) is 0 Å². The Bertz CT molecular complexity index is 649. The Labute approximate surface area is 159 Å². The van der Waals surface area contributed by atoms with Crippen molar-refractivity contribution in [1.29, 1.82) is 5.26 Å². The molecule has 4 rings (SSSR count). The zero-order valence-corrected chi connectivity index (χ0v) is 17.3. The van der Waals surface area contributed by atoms with Gasteiger partial charge in [-0.1, -0.05) is 13.8 Å². The average Bonchev–Trinajstić information content (AvgIpc) is 2.96. The fourth-order valence-electron chi connectivity index (χ4n) is 8.41. The van der Waals surface area contributed by atoms with Crippen LogP contribution in [0.25, 0.3) is 0 Å². The highest BCUT2D eigenvalue weighted by Gasteiger charge is 2.62. The van der Waals surface area contributed by atoms with Crippen LogP contribution in [0.4, 0.5) is 0 Å². The van der Waals surface area contributed by atoms with E-state index in [-0.39, 0.29) is 5.41 Å². The standard InChI is InChI=1S/C23H36N2O/c1-21(2,14-24)18-8-7-16-15-6-9-19-23(4,13-11-20(26)25(19)5)17(15)10-12-22(16,18)3/h15-19H,6-13H2,1-5H3/t15-,16-,17-,18+,19+,22-,23+/m0/s1. The zero-order chi connectivity index (χ0) is 18.9. The Morgan fingerprint density at radius 3 is 2.42 bits per heavy atom. The maximum atomic E-state index is 12.3. The summed E-state index contributed by atoms with van der Waals surface area (Å²) >= 11 is 0. The molecular weight excluding hydrogens is 320 g/mol. The van der Waals surface area contributed by atoms with Gasteiger partial charge in [-0.25, -0.2) is 0 Å². The van der Waals surface area contributed by atoms with Crippen LogP contribution in [-0.4, -0.2) is 23.9 Å². The van der Waals surface area contributed by atoms with Crippen molar-refractivity contribution in [2.75, 3.05) is 7.05 Å². The van der Waals surface area contributed by atoms with E-state index >= 15 is 0 Å². The molecule has 0 unspecified atom stereocenters. The number of hydrogen-bond acceptors (Lipinski definition) is 2. The second-order valence-electron chi connectivity index (χ2n) is 11.0. The van der Waals surface area contributed by atoms with E-state index in [1.807, 2.05) is 7.05 Å². The van der Waals surface area contributed by atoms with Crippen molar-refractivity contribution in [1.82, 2.24) is 4.90 Å². The Morgan fingerprint density at radius 1 is 1.04 bits per heavy atom. The quantitative estimate of drug-likeness (QED) is 0.662. The van der Waals surface area contributed by atoms with Gasteiger partial charge in [-0.3, -0.25) is 4.79 Å². The zero-order valence-electron chi connectivity index (χ0n) is 17.3. The molecule has 0 spiro atoms. The number of rotatable bonds is 1. The lowest BCUT2D eigenvalue weighted by molar-refractivity contribution is -0.159. The normalized spacial score (nSPS) is 48.4. The average molecular weight is 357 g/mol. The molecule has 0 aromatic rings. The number of piperidine rings is 1. The number of hydrogen-bond donors (Lipinski definition) is 0. The Morgan fingerprint density at radius 2 is 1.73 bits per heavy atom. The summed E-state index contributed by atoms with van der Waals surface area (Å²) in [6.07, 6.45) is 9.38. The van der Waals surface area contributed by atoms with Gasteiger partial charge in [0.25, 0.3) is 0 Å². The van der Waals surface area contributed by atoms with Crippen LogP contribution in [0.2, 0.25) is 0 Å². The highest BCUT2D eigenvalue weighted by atomic mass is 16.2. The van der Waals surface area contributed by atoms with Crippen LogP contribution < -0.4 is 0 Å². The topological polar surface area (TPSA) is 44.1 Å². The summed E-state index contributed by atoms with van der Waals surface area (Å²) in [6.45, 7) is 9.33. The van der Waals surface area contributed by atoms with Crippen LogP contribution in [0.5, 0.6) is 0 Å². The maximum Gasteiger partial charge on any atom is 0.222 e. The van der Waals surface area contributed by atoms with Crippen LogP contribution in [0.3, 0.4) is 0 Å². The van der Waals surface area contributed by atoms with Gasteiger partial charge in [-0.2, -0.15) is 5.26 Å². The summed E-state index contributed by atoms with van der Waals surface area (Å²) in [4.78, 5) is 14.4. The molecule has 4 fully saturated rings. The molecule has 1 heterocycles. The minimum absolute atomic E-state index is 0.213. The Balaban J connectivity index is 1.64. The number of nitrogens with zero attached hydrogens (tertiary/aromatic N) is 2. The van der Waals surface area contributed by atoms with Crippen molar-refractivity contribution in [3.8, 4) is 6.07 Å². The third kappa shape index (κ3) is 2.26. The number of amides is 1. The molecule has 1 saturated heterocycles. The van der Waals surface area contributed by atoms with E-state index < -0.39 is 0 Å². The van der Waals surface area contributed by atoms with Gasteiger partial charge >= 0.3 is 0 Å². The van der Waals surface area contributed by atoms with Crippen molar-refractivity contribution in [2.45, 2.75) is 85.1 Å². The van der Waals surface area contributed by atoms with Gasteiger partial charge in [0.15, 0.2) is 0 Å². The van der Waals surface area contributed by atoms with Gasteiger partial charge in [0.2, 0.25) is 5.91 Å². The second kappa shape index (κ2) is 5.73. The molecule has 1 aliphatic heterocycles. The SMILES string of the molecule is CN1C(=O)CC[C@]2(C)[C@H]3CC[C@]4(C)[C@@H](C(C)(C)C#N)CC[C@H]4[C@@H]3CC[C@@H]12. The summed E-state index contributed by atoms with van der Waals surface area (Å²) in [6, 6.07) is 3.08. The predicted molar refractivity (Wildman–Crippen MR) is 103 cm³/mol. The van der Waals surface area contributed by atoms with E-state index in [1.54, 1.807) is 0 Å². The largest absolute Gasteiger partial charge is 0.342 e. The van der Waals surface area contributed by atoms with E-state index in [9.17, 15) is 10.1 Å². The molecule has 0 N–H and O–H groups in total. The molecule has 0 aromatic carbocycles. The van der Waals surface area contributed by atoms with Crippen molar-refractivity contribution >= 4 is 5.91 Å². The lowest BCUT2D eigenvalue weighted by atomic mass is 9.46. The first-order valence-electron chi connectivity index (χ1n) is 10.8. The predicted octanol–water partition coefficient (Wildman–Crippen LogP) is 5.02. The molecule has 3 saturated carbocycles. The third-order valence-corrected chi connectivity index (χ3v) is 9.72. The minimum atomic E-state index is -0.213. The fraction of sp³-hybridized carbons (Fsp3) is 0.913. The molecular formula is C23H36N2O. The number of carbonyl (C=O) groups excluding carboxylic acids is 1. The molecule has 0 radical (unpaired) electrons. The second-order valence-corrected chi connectivity index (χ2v) is 11.0. The van der Waals surface area contributed by atoms with Crippen LogP contribution >= 0.6 is 0 Å². The molecule has 3 heteroatoms. The summed E-state index contributed by atoms with van der Waals surface area (Å²) < 4.78 is 0. The molecule has 3 aliphatic carbocycles. The van der Waals surface area contributed by atoms with E-state index in [0.29, 0.717) is 28.7 Å². The number of carbonyl (C=O) groups is 1. The first-order chi connectivity index (χ1) is 12.1. The molecule has 3 nitrogen and oxygen atoms in total. The summed E-state index contributed by atoms with van der Waals surface area (Å²) in [5.41, 5.74) is 0.421. The minimum Gasteiger partial charge on any atom is -0.342 e. The van der Waals surface area contributed by atoms with Crippen LogP contribution in [0, 0.1) is 51.2 Å². The molecule has 0 bridgehead atoms. The Kier molecular flexibility index (Phi) is 4.04. The maximum absolute atomic E-state index is 12.3. The number of likely N-dealkylation sites (tertiary alicyclic amines) is 1. The fourth-order valence-corrected chi connectivity index (χ4v) is 8.41. The first-order valence-corrected chi connectivity index (χ1v) is 10.8. The van der Waals surface area contributed by atoms with Gasteiger partial charge in [-0.05, 0) is 93.3 Å². The van der Waals surface area contributed by atoms with E-state index in [2.05, 4.69) is 38.7 Å². The lowest BCUT2D eigenvalue weighted by Gasteiger charge is -2.62. The Hall–Kier alpha value is -1.04. The number of fused-ring (bicyclic) bond motifs is 5. The van der Waals surface area contributed by atoms with Gasteiger partial charge in [0.05, 0.1) is 11.5 Å². The molecule has 144 valence electrons. The van der Waals surface area contributed by atoms with E-state index in [4.69, 9.17) is 0 Å². The molecule has 26 heavy (non-hydrogen) atoms. The highest BCUT2D eigenvalue weighted by molar-refractivity contribution is 5.77. The summed E-state index contributed by atoms with van der Waals surface area (Å²) in [7, 11) is 2.04. The van der Waals surface area contributed by atoms with Crippen LogP contribution in [0.15, 0.2) is 0 Å². The molecule has 7 atom stereocenters. The smallest absolute Gasteiger partial charge is 0.222 e. The summed E-state index contributed by atoms with van der Waals surface area (Å²) in [5.74, 6) is 3.23. The van der Waals surface area contributed by atoms with Gasteiger partial charge in [-0.15, -0.1) is 0 Å². The monoisotopic (exact) mass is 356 g/mol. The number of nitriles is 1. The van der Waals surface area contributed by atoms with Crippen molar-refractivity contribution in [3.05, 3.63) is 0 Å². The summed E-state index contributed by atoms with van der Waals surface area (Å²) in [5, 5.41) is 9.75. The first kappa shape index (κ1) is 18.3. The molecule has 0 aromatic heterocycles. The molecule has 4 aliphatic rings. The van der Waals surface area contributed by atoms with Crippen molar-refractivity contribution in [3.63, 3.8) is 0 Å². The van der Waals surface area contributed by atoms with Gasteiger partial charge < -0.3 is 4.90 Å². The van der Waals surface area contributed by atoms with Crippen molar-refractivity contribution in [2.24, 2.45) is 39.9 Å².